The van der Waals surface area contributed by atoms with Crippen LogP contribution in [0.2, 0.25) is 0 Å². The number of pyridine rings is 1. The van der Waals surface area contributed by atoms with Crippen LogP contribution in [0.3, 0.4) is 0 Å². The van der Waals surface area contributed by atoms with Gasteiger partial charge in [0.1, 0.15) is 21.3 Å². The van der Waals surface area contributed by atoms with Gasteiger partial charge in [-0.15, -0.1) is 0 Å². The van der Waals surface area contributed by atoms with Crippen LogP contribution in [0.25, 0.3) is 11.7 Å². The average Bonchev–Trinajstić information content (AvgIpc) is 3.33. The van der Waals surface area contributed by atoms with Crippen molar-refractivity contribution in [3.8, 4) is 11.6 Å². The first-order chi connectivity index (χ1) is 17.9. The maximum absolute atomic E-state index is 13.7. The topological polar surface area (TPSA) is 98.1 Å². The van der Waals surface area contributed by atoms with E-state index in [1.54, 1.807) is 12.3 Å². The fourth-order valence-corrected chi connectivity index (χ4v) is 7.79. The molecular formula is C27H27N3O5S3. The number of ether oxygens (including phenoxy) is 1. The summed E-state index contributed by atoms with van der Waals surface area (Å²) in [5, 5.41) is 0. The highest BCUT2D eigenvalue weighted by Crippen LogP contribution is 2.38. The molecule has 0 bridgehead atoms. The number of aryl methyl sites for hydroxylation is 2. The van der Waals surface area contributed by atoms with Crippen molar-refractivity contribution < 1.29 is 17.9 Å². The molecule has 1 amide bonds. The van der Waals surface area contributed by atoms with Gasteiger partial charge in [0.05, 0.1) is 22.5 Å². The van der Waals surface area contributed by atoms with Gasteiger partial charge in [0.2, 0.25) is 5.88 Å². The molecule has 1 aromatic carbocycles. The first-order valence-corrected chi connectivity index (χ1v) is 15.3. The van der Waals surface area contributed by atoms with Gasteiger partial charge in [-0.2, -0.15) is 4.98 Å². The maximum Gasteiger partial charge on any atom is 0.269 e. The van der Waals surface area contributed by atoms with Gasteiger partial charge in [-0.3, -0.25) is 18.9 Å². The Bertz CT molecular complexity index is 1690. The highest BCUT2D eigenvalue weighted by Gasteiger charge is 2.42. The Labute approximate surface area is 230 Å². The summed E-state index contributed by atoms with van der Waals surface area (Å²) in [5.41, 5.74) is 2.93. The number of hydrogen-bond acceptors (Lipinski definition) is 8. The number of carbonyl (C=O) groups excluding carboxylic acids is 1. The largest absolute Gasteiger partial charge is 0.438 e. The van der Waals surface area contributed by atoms with Crippen LogP contribution in [-0.2, 0) is 14.6 Å². The number of thioether (sulfide) groups is 1. The minimum atomic E-state index is -3.21. The molecule has 0 aliphatic carbocycles. The van der Waals surface area contributed by atoms with Crippen LogP contribution in [0.1, 0.15) is 48.4 Å². The highest BCUT2D eigenvalue weighted by atomic mass is 32.2. The van der Waals surface area contributed by atoms with E-state index in [4.69, 9.17) is 21.9 Å². The molecule has 0 N–H and O–H groups in total. The van der Waals surface area contributed by atoms with Gasteiger partial charge < -0.3 is 4.74 Å². The molecule has 2 saturated heterocycles. The zero-order chi connectivity index (χ0) is 27.4. The molecule has 38 heavy (non-hydrogen) atoms. The van der Waals surface area contributed by atoms with Crippen molar-refractivity contribution in [1.29, 1.82) is 0 Å². The SMILES string of the molecule is Cc1ccc(C(C)C)c(Oc2nc3c(C)cccn3c(=O)c2/C=C2/SC(=S)N(C3CCS(=O)(=O)C3)C2=O)c1. The predicted molar refractivity (Wildman–Crippen MR) is 154 cm³/mol. The third kappa shape index (κ3) is 4.90. The Morgan fingerprint density at radius 3 is 2.66 bits per heavy atom. The molecule has 0 radical (unpaired) electrons. The fraction of sp³-hybridized carbons (Fsp3) is 0.333. The van der Waals surface area contributed by atoms with E-state index in [-0.39, 0.29) is 43.7 Å². The van der Waals surface area contributed by atoms with Crippen LogP contribution in [0, 0.1) is 13.8 Å². The van der Waals surface area contributed by atoms with Crippen molar-refractivity contribution >= 4 is 55.8 Å². The van der Waals surface area contributed by atoms with Crippen molar-refractivity contribution in [2.75, 3.05) is 11.5 Å². The van der Waals surface area contributed by atoms with Gasteiger partial charge in [-0.05, 0) is 61.1 Å². The number of rotatable bonds is 5. The van der Waals surface area contributed by atoms with Crippen molar-refractivity contribution in [2.24, 2.45) is 0 Å². The smallest absolute Gasteiger partial charge is 0.269 e. The second-order valence-electron chi connectivity index (χ2n) is 9.93. The van der Waals surface area contributed by atoms with Crippen LogP contribution >= 0.6 is 24.0 Å². The molecule has 11 heteroatoms. The van der Waals surface area contributed by atoms with Crippen molar-refractivity contribution in [1.82, 2.24) is 14.3 Å². The third-order valence-electron chi connectivity index (χ3n) is 6.72. The molecular weight excluding hydrogens is 543 g/mol. The minimum absolute atomic E-state index is 0.0235. The second kappa shape index (κ2) is 9.94. The molecule has 2 aromatic heterocycles. The number of amides is 1. The van der Waals surface area contributed by atoms with Crippen LogP contribution in [-0.4, -0.2) is 50.5 Å². The monoisotopic (exact) mass is 569 g/mol. The summed E-state index contributed by atoms with van der Waals surface area (Å²) in [4.78, 5) is 33.4. The van der Waals surface area contributed by atoms with Gasteiger partial charge in [0.15, 0.2) is 9.84 Å². The molecule has 3 aromatic rings. The van der Waals surface area contributed by atoms with Crippen LogP contribution in [0.4, 0.5) is 0 Å². The molecule has 2 fully saturated rings. The number of sulfone groups is 1. The van der Waals surface area contributed by atoms with Crippen molar-refractivity contribution in [3.05, 3.63) is 74.0 Å². The first-order valence-electron chi connectivity index (χ1n) is 12.2. The van der Waals surface area contributed by atoms with Gasteiger partial charge in [0.25, 0.3) is 11.5 Å². The van der Waals surface area contributed by atoms with E-state index in [9.17, 15) is 18.0 Å². The Morgan fingerprint density at radius 2 is 1.97 bits per heavy atom. The number of nitrogens with zero attached hydrogens (tertiary/aromatic N) is 3. The summed E-state index contributed by atoms with van der Waals surface area (Å²) in [6, 6.07) is 9.01. The van der Waals surface area contributed by atoms with E-state index in [2.05, 4.69) is 13.8 Å². The summed E-state index contributed by atoms with van der Waals surface area (Å²) in [6.45, 7) is 7.93. The maximum atomic E-state index is 13.7. The second-order valence-corrected chi connectivity index (χ2v) is 13.8. The zero-order valence-corrected chi connectivity index (χ0v) is 23.9. The summed E-state index contributed by atoms with van der Waals surface area (Å²) in [5.74, 6) is 0.326. The zero-order valence-electron chi connectivity index (χ0n) is 21.4. The summed E-state index contributed by atoms with van der Waals surface area (Å²) in [6.07, 6.45) is 3.42. The van der Waals surface area contributed by atoms with Crippen molar-refractivity contribution in [3.63, 3.8) is 0 Å². The Morgan fingerprint density at radius 1 is 1.21 bits per heavy atom. The molecule has 0 saturated carbocycles. The Kier molecular flexibility index (Phi) is 6.95. The summed E-state index contributed by atoms with van der Waals surface area (Å²) in [7, 11) is -3.21. The van der Waals surface area contributed by atoms with Gasteiger partial charge in [0, 0.05) is 6.20 Å². The standard InChI is InChI=1S/C27H27N3O5S3/c1-15(2)19-8-7-16(3)12-21(19)35-24-20(25(31)29-10-5-6-17(4)23(29)28-24)13-22-26(32)30(27(36)37-22)18-9-11-38(33,34)14-18/h5-8,10,12-13,15,18H,9,11,14H2,1-4H3/b22-13+. The molecule has 2 aliphatic rings. The van der Waals surface area contributed by atoms with Crippen LogP contribution in [0.15, 0.2) is 46.2 Å². The minimum Gasteiger partial charge on any atom is -0.438 e. The summed E-state index contributed by atoms with van der Waals surface area (Å²) < 4.78 is 32.1. The molecule has 8 nitrogen and oxygen atoms in total. The molecule has 1 unspecified atom stereocenters. The van der Waals surface area contributed by atoms with Crippen molar-refractivity contribution in [2.45, 2.75) is 46.1 Å². The van der Waals surface area contributed by atoms with Gasteiger partial charge >= 0.3 is 0 Å². The Balaban J connectivity index is 1.64. The van der Waals surface area contributed by atoms with Gasteiger partial charge in [-0.25, -0.2) is 8.42 Å². The summed E-state index contributed by atoms with van der Waals surface area (Å²) >= 11 is 6.50. The number of carbonyl (C=O) groups is 1. The van der Waals surface area contributed by atoms with E-state index in [1.165, 1.54) is 15.4 Å². The number of fused-ring (bicyclic) bond motifs is 1. The number of hydrogen-bond donors (Lipinski definition) is 0. The predicted octanol–water partition coefficient (Wildman–Crippen LogP) is 4.62. The Hall–Kier alpha value is -3.02. The fourth-order valence-electron chi connectivity index (χ4n) is 4.71. The van der Waals surface area contributed by atoms with E-state index >= 15 is 0 Å². The van der Waals surface area contributed by atoms with Gasteiger partial charge in [-0.1, -0.05) is 56.0 Å². The quantitative estimate of drug-likeness (QED) is 0.325. The molecule has 198 valence electrons. The molecule has 1 atom stereocenters. The van der Waals surface area contributed by atoms with E-state index in [1.807, 2.05) is 38.1 Å². The molecule has 0 spiro atoms. The molecule has 2 aliphatic heterocycles. The third-order valence-corrected chi connectivity index (χ3v) is 9.80. The van der Waals surface area contributed by atoms with E-state index < -0.39 is 21.8 Å². The lowest BCUT2D eigenvalue weighted by Crippen LogP contribution is -2.39. The number of thiocarbonyl (C=S) groups is 1. The number of benzene rings is 1. The molecule has 5 rings (SSSR count). The van der Waals surface area contributed by atoms with E-state index in [0.29, 0.717) is 17.8 Å². The lowest BCUT2D eigenvalue weighted by molar-refractivity contribution is -0.123. The normalized spacial score (nSPS) is 20.3. The lowest BCUT2D eigenvalue weighted by Gasteiger charge is -2.20. The number of aromatic nitrogens is 2. The first kappa shape index (κ1) is 26.6. The van der Waals surface area contributed by atoms with Crippen LogP contribution < -0.4 is 10.3 Å². The molecule has 4 heterocycles. The van der Waals surface area contributed by atoms with Crippen LogP contribution in [0.5, 0.6) is 11.6 Å². The average molecular weight is 570 g/mol. The lowest BCUT2D eigenvalue weighted by atomic mass is 10.0. The highest BCUT2D eigenvalue weighted by molar-refractivity contribution is 8.26. The van der Waals surface area contributed by atoms with E-state index in [0.717, 1.165) is 28.5 Å².